The van der Waals surface area contributed by atoms with Crippen LogP contribution in [0.2, 0.25) is 0 Å². The average Bonchev–Trinajstić information content (AvgIpc) is 2.59. The van der Waals surface area contributed by atoms with Crippen molar-refractivity contribution in [2.24, 2.45) is 0 Å². The van der Waals surface area contributed by atoms with Crippen LogP contribution in [0, 0.1) is 0 Å². The van der Waals surface area contributed by atoms with Gasteiger partial charge < -0.3 is 5.32 Å². The van der Waals surface area contributed by atoms with E-state index in [4.69, 9.17) is 0 Å². The summed E-state index contributed by atoms with van der Waals surface area (Å²) in [7, 11) is 0. The number of hydrogen-bond acceptors (Lipinski definition) is 2. The van der Waals surface area contributed by atoms with Gasteiger partial charge in [-0.3, -0.25) is 4.68 Å². The Morgan fingerprint density at radius 2 is 1.94 bits per heavy atom. The monoisotopic (exact) mass is 315 g/mol. The predicted molar refractivity (Wildman–Crippen MR) is 81.1 cm³/mol. The molecule has 0 amide bonds. The molecule has 0 saturated heterocycles. The Morgan fingerprint density at radius 3 is 2.44 bits per heavy atom. The first-order valence-electron chi connectivity index (χ1n) is 6.72. The summed E-state index contributed by atoms with van der Waals surface area (Å²) in [4.78, 5) is 0. The molecule has 1 aromatic heterocycles. The molecule has 0 aliphatic carbocycles. The van der Waals surface area contributed by atoms with E-state index in [1.165, 1.54) is 5.69 Å². The van der Waals surface area contributed by atoms with E-state index >= 15 is 0 Å². The van der Waals surface area contributed by atoms with Crippen LogP contribution in [0.1, 0.15) is 59.7 Å². The van der Waals surface area contributed by atoms with Crippen LogP contribution >= 0.6 is 15.9 Å². The SMILES string of the molecule is CC(C)NCCC(C)(C)c1c(Br)cnn1C(C)C. The van der Waals surface area contributed by atoms with Gasteiger partial charge in [-0.2, -0.15) is 5.10 Å². The molecule has 0 radical (unpaired) electrons. The standard InChI is InChI=1S/C14H26BrN3/c1-10(2)16-8-7-14(5,6)13-12(15)9-17-18(13)11(3)4/h9-11,16H,7-8H2,1-6H3. The van der Waals surface area contributed by atoms with Crippen LogP contribution in [-0.4, -0.2) is 22.4 Å². The van der Waals surface area contributed by atoms with Gasteiger partial charge in [0.15, 0.2) is 0 Å². The van der Waals surface area contributed by atoms with Crippen molar-refractivity contribution in [1.29, 1.82) is 0 Å². The minimum absolute atomic E-state index is 0.113. The Morgan fingerprint density at radius 1 is 1.33 bits per heavy atom. The Kier molecular flexibility index (Phi) is 5.41. The minimum Gasteiger partial charge on any atom is -0.314 e. The van der Waals surface area contributed by atoms with E-state index in [1.54, 1.807) is 0 Å². The summed E-state index contributed by atoms with van der Waals surface area (Å²) in [6.07, 6.45) is 3.01. The third-order valence-corrected chi connectivity index (χ3v) is 3.76. The lowest BCUT2D eigenvalue weighted by Gasteiger charge is -2.28. The van der Waals surface area contributed by atoms with E-state index in [0.717, 1.165) is 17.4 Å². The predicted octanol–water partition coefficient (Wildman–Crippen LogP) is 3.89. The summed E-state index contributed by atoms with van der Waals surface area (Å²) < 4.78 is 3.24. The van der Waals surface area contributed by atoms with Crippen LogP contribution in [0.3, 0.4) is 0 Å². The van der Waals surface area contributed by atoms with Crippen LogP contribution in [0.15, 0.2) is 10.7 Å². The van der Waals surface area contributed by atoms with Gasteiger partial charge in [-0.15, -0.1) is 0 Å². The fraction of sp³-hybridized carbons (Fsp3) is 0.786. The smallest absolute Gasteiger partial charge is 0.0635 e. The maximum atomic E-state index is 4.47. The molecule has 1 heterocycles. The van der Waals surface area contributed by atoms with Crippen molar-refractivity contribution < 1.29 is 0 Å². The third kappa shape index (κ3) is 3.82. The van der Waals surface area contributed by atoms with Crippen molar-refractivity contribution in [2.75, 3.05) is 6.54 Å². The van der Waals surface area contributed by atoms with Crippen molar-refractivity contribution in [3.63, 3.8) is 0 Å². The second-order valence-corrected chi connectivity index (χ2v) is 6.98. The molecule has 0 saturated carbocycles. The zero-order valence-corrected chi connectivity index (χ0v) is 14.0. The van der Waals surface area contributed by atoms with Crippen molar-refractivity contribution >= 4 is 15.9 Å². The number of rotatable bonds is 6. The van der Waals surface area contributed by atoms with E-state index in [0.29, 0.717) is 12.1 Å². The fourth-order valence-electron chi connectivity index (χ4n) is 2.16. The summed E-state index contributed by atoms with van der Waals surface area (Å²) in [6.45, 7) is 14.3. The molecule has 0 spiro atoms. The quantitative estimate of drug-likeness (QED) is 0.863. The number of halogens is 1. The van der Waals surface area contributed by atoms with E-state index in [9.17, 15) is 0 Å². The molecule has 104 valence electrons. The number of nitrogens with zero attached hydrogens (tertiary/aromatic N) is 2. The average molecular weight is 316 g/mol. The molecule has 0 bridgehead atoms. The van der Waals surface area contributed by atoms with Crippen molar-refractivity contribution in [3.05, 3.63) is 16.4 Å². The Balaban J connectivity index is 2.86. The molecule has 1 N–H and O–H groups in total. The Labute approximate surface area is 119 Å². The van der Waals surface area contributed by atoms with Crippen LogP contribution in [0.4, 0.5) is 0 Å². The van der Waals surface area contributed by atoms with Gasteiger partial charge >= 0.3 is 0 Å². The van der Waals surface area contributed by atoms with Gasteiger partial charge in [-0.1, -0.05) is 27.7 Å². The second kappa shape index (κ2) is 6.20. The first-order valence-corrected chi connectivity index (χ1v) is 7.52. The first kappa shape index (κ1) is 15.7. The molecule has 0 fully saturated rings. The van der Waals surface area contributed by atoms with Gasteiger partial charge in [0.05, 0.1) is 16.4 Å². The summed E-state index contributed by atoms with van der Waals surface area (Å²) in [5.74, 6) is 0. The van der Waals surface area contributed by atoms with Crippen LogP contribution in [-0.2, 0) is 5.41 Å². The zero-order valence-electron chi connectivity index (χ0n) is 12.4. The Bertz CT molecular complexity index is 380. The van der Waals surface area contributed by atoms with Crippen molar-refractivity contribution in [2.45, 2.75) is 65.5 Å². The van der Waals surface area contributed by atoms with Gasteiger partial charge in [0.25, 0.3) is 0 Å². The van der Waals surface area contributed by atoms with Gasteiger partial charge in [-0.25, -0.2) is 0 Å². The third-order valence-electron chi connectivity index (χ3n) is 3.18. The van der Waals surface area contributed by atoms with Crippen molar-refractivity contribution in [1.82, 2.24) is 15.1 Å². The minimum atomic E-state index is 0.113. The second-order valence-electron chi connectivity index (χ2n) is 6.12. The molecule has 3 nitrogen and oxygen atoms in total. The molecule has 0 aliphatic heterocycles. The molecule has 0 unspecified atom stereocenters. The maximum Gasteiger partial charge on any atom is 0.0635 e. The van der Waals surface area contributed by atoms with E-state index < -0.39 is 0 Å². The van der Waals surface area contributed by atoms with E-state index in [1.807, 2.05) is 6.20 Å². The van der Waals surface area contributed by atoms with E-state index in [2.05, 4.69) is 72.6 Å². The van der Waals surface area contributed by atoms with Crippen LogP contribution in [0.5, 0.6) is 0 Å². The normalized spacial score (nSPS) is 12.7. The van der Waals surface area contributed by atoms with Gasteiger partial charge in [0, 0.05) is 17.5 Å². The molecule has 4 heteroatoms. The summed E-state index contributed by atoms with van der Waals surface area (Å²) >= 11 is 3.64. The van der Waals surface area contributed by atoms with Crippen molar-refractivity contribution in [3.8, 4) is 0 Å². The molecular weight excluding hydrogens is 290 g/mol. The molecule has 0 aliphatic rings. The summed E-state index contributed by atoms with van der Waals surface area (Å²) in [6, 6.07) is 0.933. The highest BCUT2D eigenvalue weighted by Gasteiger charge is 2.28. The topological polar surface area (TPSA) is 29.9 Å². The molecule has 1 rings (SSSR count). The molecule has 1 aromatic rings. The maximum absolute atomic E-state index is 4.47. The lowest BCUT2D eigenvalue weighted by Crippen LogP contribution is -2.31. The lowest BCUT2D eigenvalue weighted by molar-refractivity contribution is 0.386. The molecule has 18 heavy (non-hydrogen) atoms. The highest BCUT2D eigenvalue weighted by molar-refractivity contribution is 9.10. The molecule has 0 atom stereocenters. The molecule has 0 aromatic carbocycles. The highest BCUT2D eigenvalue weighted by Crippen LogP contribution is 2.34. The highest BCUT2D eigenvalue weighted by atomic mass is 79.9. The van der Waals surface area contributed by atoms with Crippen LogP contribution < -0.4 is 5.32 Å². The number of hydrogen-bond donors (Lipinski definition) is 1. The van der Waals surface area contributed by atoms with Crippen LogP contribution in [0.25, 0.3) is 0 Å². The molecular formula is C14H26BrN3. The zero-order chi connectivity index (χ0) is 13.9. The number of nitrogens with one attached hydrogen (secondary N) is 1. The number of aromatic nitrogens is 2. The fourth-order valence-corrected chi connectivity index (χ4v) is 2.97. The lowest BCUT2D eigenvalue weighted by atomic mass is 9.85. The summed E-state index contributed by atoms with van der Waals surface area (Å²) in [5, 5.41) is 7.96. The van der Waals surface area contributed by atoms with Gasteiger partial charge in [0.1, 0.15) is 0 Å². The largest absolute Gasteiger partial charge is 0.314 e. The van der Waals surface area contributed by atoms with Gasteiger partial charge in [0.2, 0.25) is 0 Å². The summed E-state index contributed by atoms with van der Waals surface area (Å²) in [5.41, 5.74) is 1.41. The Hall–Kier alpha value is -0.350. The van der Waals surface area contributed by atoms with E-state index in [-0.39, 0.29) is 5.41 Å². The van der Waals surface area contributed by atoms with Gasteiger partial charge in [-0.05, 0) is 42.7 Å². The first-order chi connectivity index (χ1) is 8.25.